The monoisotopic (exact) mass is 556 g/mol. The van der Waals surface area contributed by atoms with Crippen molar-refractivity contribution in [3.05, 3.63) is 124 Å². The fraction of sp³-hybridized carbons (Fsp3) is 0.172. The van der Waals surface area contributed by atoms with Crippen LogP contribution in [0, 0.1) is 0 Å². The highest BCUT2D eigenvalue weighted by Gasteiger charge is 2.51. The molecule has 0 spiro atoms. The van der Waals surface area contributed by atoms with Gasteiger partial charge in [0.05, 0.1) is 23.9 Å². The number of nitrogens with one attached hydrogen (secondary N) is 1. The fourth-order valence-corrected chi connectivity index (χ4v) is 4.21. The van der Waals surface area contributed by atoms with E-state index < -0.39 is 54.7 Å². The molecule has 1 amide bonds. The second-order valence-electron chi connectivity index (χ2n) is 8.91. The molecule has 1 aliphatic heterocycles. The maximum Gasteiger partial charge on any atom is 0.368 e. The predicted octanol–water partition coefficient (Wildman–Crippen LogP) is 2.23. The van der Waals surface area contributed by atoms with Gasteiger partial charge in [0, 0.05) is 5.56 Å². The van der Waals surface area contributed by atoms with Crippen LogP contribution in [0.15, 0.2) is 102 Å². The molecule has 1 saturated heterocycles. The fourth-order valence-electron chi connectivity index (χ4n) is 4.21. The molecule has 208 valence electrons. The van der Waals surface area contributed by atoms with Gasteiger partial charge in [-0.1, -0.05) is 54.6 Å². The Balaban J connectivity index is 1.44. The Morgan fingerprint density at radius 1 is 0.805 bits per heavy atom. The topological polar surface area (TPSA) is 159 Å². The van der Waals surface area contributed by atoms with Crippen molar-refractivity contribution in [1.82, 2.24) is 14.8 Å². The van der Waals surface area contributed by atoms with Crippen LogP contribution >= 0.6 is 0 Å². The second-order valence-corrected chi connectivity index (χ2v) is 8.91. The van der Waals surface area contributed by atoms with E-state index in [1.54, 1.807) is 66.7 Å². The van der Waals surface area contributed by atoms with E-state index in [1.807, 2.05) is 0 Å². The molecule has 0 aliphatic carbocycles. The first-order chi connectivity index (χ1) is 19.9. The average molecular weight is 557 g/mol. The Kier molecular flexibility index (Phi) is 8.23. The maximum absolute atomic E-state index is 13.0. The highest BCUT2D eigenvalue weighted by molar-refractivity contribution is 6.03. The summed E-state index contributed by atoms with van der Waals surface area (Å²) in [7, 11) is 0. The van der Waals surface area contributed by atoms with E-state index in [9.17, 15) is 24.3 Å². The number of rotatable bonds is 8. The van der Waals surface area contributed by atoms with Crippen LogP contribution in [0.1, 0.15) is 37.3 Å². The van der Waals surface area contributed by atoms with Crippen LogP contribution in [0.3, 0.4) is 0 Å². The molecule has 12 heteroatoms. The van der Waals surface area contributed by atoms with Gasteiger partial charge in [0.1, 0.15) is 6.10 Å². The smallest absolute Gasteiger partial charge is 0.368 e. The summed E-state index contributed by atoms with van der Waals surface area (Å²) in [4.78, 5) is 55.3. The third kappa shape index (κ3) is 6.19. The SMILES string of the molecule is O=C(Nc1cnn(C2OC(CO)C(OC(=O)c3ccccc3)C2OC(=O)c2ccccc2)c(=O)n1)c1ccccc1. The molecule has 12 nitrogen and oxygen atoms in total. The molecule has 4 unspecified atom stereocenters. The molecule has 5 rings (SSSR count). The number of aliphatic hydroxyl groups is 1. The number of hydrogen-bond donors (Lipinski definition) is 2. The van der Waals surface area contributed by atoms with Crippen LogP contribution in [0.4, 0.5) is 5.82 Å². The first-order valence-electron chi connectivity index (χ1n) is 12.5. The van der Waals surface area contributed by atoms with Gasteiger partial charge in [0.25, 0.3) is 5.91 Å². The van der Waals surface area contributed by atoms with Crippen molar-refractivity contribution in [2.24, 2.45) is 0 Å². The Hall–Kier alpha value is -5.20. The van der Waals surface area contributed by atoms with E-state index in [1.165, 1.54) is 24.3 Å². The highest BCUT2D eigenvalue weighted by Crippen LogP contribution is 2.34. The van der Waals surface area contributed by atoms with Crippen LogP contribution in [0.2, 0.25) is 0 Å². The molecule has 4 atom stereocenters. The van der Waals surface area contributed by atoms with Crippen molar-refractivity contribution < 1.29 is 33.7 Å². The quantitative estimate of drug-likeness (QED) is 0.308. The van der Waals surface area contributed by atoms with Gasteiger partial charge in [0.2, 0.25) is 0 Å². The van der Waals surface area contributed by atoms with Crippen molar-refractivity contribution in [3.8, 4) is 0 Å². The summed E-state index contributed by atoms with van der Waals surface area (Å²) >= 11 is 0. The number of aromatic nitrogens is 3. The van der Waals surface area contributed by atoms with E-state index in [0.29, 0.717) is 5.56 Å². The number of aliphatic hydroxyl groups excluding tert-OH is 1. The molecular formula is C29H24N4O8. The lowest BCUT2D eigenvalue weighted by Crippen LogP contribution is -2.42. The Morgan fingerprint density at radius 2 is 1.32 bits per heavy atom. The van der Waals surface area contributed by atoms with Gasteiger partial charge < -0.3 is 24.6 Å². The molecule has 4 aromatic rings. The van der Waals surface area contributed by atoms with Gasteiger partial charge >= 0.3 is 17.6 Å². The zero-order chi connectivity index (χ0) is 28.8. The van der Waals surface area contributed by atoms with E-state index in [2.05, 4.69) is 15.4 Å². The van der Waals surface area contributed by atoms with Gasteiger partial charge in [-0.25, -0.2) is 14.4 Å². The Morgan fingerprint density at radius 3 is 1.83 bits per heavy atom. The zero-order valence-electron chi connectivity index (χ0n) is 21.4. The number of carbonyl (C=O) groups excluding carboxylic acids is 3. The molecular weight excluding hydrogens is 532 g/mol. The lowest BCUT2D eigenvalue weighted by molar-refractivity contribution is -0.0669. The lowest BCUT2D eigenvalue weighted by Gasteiger charge is -2.24. The number of ether oxygens (including phenoxy) is 3. The standard InChI is InChI=1S/C29H24N4O8/c34-17-21-23(40-27(36)19-12-6-2-7-13-19)24(41-28(37)20-14-8-3-9-15-20)26(39-21)33-29(38)32-22(16-30-33)31-25(35)18-10-4-1-5-11-18/h1-16,21,23-24,26,34H,17H2,(H,31,32,35,38). The number of esters is 2. The van der Waals surface area contributed by atoms with Crippen LogP contribution < -0.4 is 11.0 Å². The molecule has 0 bridgehead atoms. The van der Waals surface area contributed by atoms with Crippen molar-refractivity contribution in [2.75, 3.05) is 11.9 Å². The molecule has 2 N–H and O–H groups in total. The van der Waals surface area contributed by atoms with Crippen molar-refractivity contribution in [2.45, 2.75) is 24.5 Å². The minimum Gasteiger partial charge on any atom is -0.452 e. The molecule has 3 aromatic carbocycles. The summed E-state index contributed by atoms with van der Waals surface area (Å²) in [6, 6.07) is 24.4. The summed E-state index contributed by atoms with van der Waals surface area (Å²) < 4.78 is 18.0. The molecule has 0 radical (unpaired) electrons. The van der Waals surface area contributed by atoms with Crippen LogP contribution in [-0.2, 0) is 14.2 Å². The molecule has 41 heavy (non-hydrogen) atoms. The lowest BCUT2D eigenvalue weighted by atomic mass is 10.1. The number of carbonyl (C=O) groups is 3. The van der Waals surface area contributed by atoms with Gasteiger partial charge in [0.15, 0.2) is 24.3 Å². The number of benzene rings is 3. The normalized spacial score (nSPS) is 19.7. The summed E-state index contributed by atoms with van der Waals surface area (Å²) in [5, 5.41) is 16.6. The Labute approximate surface area is 233 Å². The zero-order valence-corrected chi connectivity index (χ0v) is 21.4. The van der Waals surface area contributed by atoms with E-state index in [4.69, 9.17) is 14.2 Å². The van der Waals surface area contributed by atoms with E-state index in [0.717, 1.165) is 10.9 Å². The van der Waals surface area contributed by atoms with Gasteiger partial charge in [-0.05, 0) is 36.4 Å². The minimum atomic E-state index is -1.42. The minimum absolute atomic E-state index is 0.123. The second kappa shape index (κ2) is 12.3. The van der Waals surface area contributed by atoms with Gasteiger partial charge in [-0.15, -0.1) is 0 Å². The van der Waals surface area contributed by atoms with Gasteiger partial charge in [-0.3, -0.25) is 4.79 Å². The summed E-state index contributed by atoms with van der Waals surface area (Å²) in [6.45, 7) is -0.629. The van der Waals surface area contributed by atoms with Crippen molar-refractivity contribution in [1.29, 1.82) is 0 Å². The maximum atomic E-state index is 13.0. The third-order valence-electron chi connectivity index (χ3n) is 6.21. The van der Waals surface area contributed by atoms with E-state index in [-0.39, 0.29) is 16.9 Å². The molecule has 2 heterocycles. The van der Waals surface area contributed by atoms with Crippen LogP contribution in [-0.4, -0.2) is 62.6 Å². The summed E-state index contributed by atoms with van der Waals surface area (Å²) in [6.07, 6.45) is -4.18. The predicted molar refractivity (Wildman–Crippen MR) is 143 cm³/mol. The third-order valence-corrected chi connectivity index (χ3v) is 6.21. The first-order valence-corrected chi connectivity index (χ1v) is 12.5. The number of hydrogen-bond acceptors (Lipinski definition) is 10. The average Bonchev–Trinajstić information content (AvgIpc) is 3.34. The Bertz CT molecular complexity index is 1580. The number of anilines is 1. The van der Waals surface area contributed by atoms with Crippen molar-refractivity contribution in [3.63, 3.8) is 0 Å². The van der Waals surface area contributed by atoms with Crippen LogP contribution in [0.5, 0.6) is 0 Å². The van der Waals surface area contributed by atoms with Crippen LogP contribution in [0.25, 0.3) is 0 Å². The highest BCUT2D eigenvalue weighted by atomic mass is 16.6. The van der Waals surface area contributed by atoms with Crippen molar-refractivity contribution >= 4 is 23.7 Å². The molecule has 1 aromatic heterocycles. The number of nitrogens with zero attached hydrogens (tertiary/aromatic N) is 3. The largest absolute Gasteiger partial charge is 0.452 e. The van der Waals surface area contributed by atoms with E-state index >= 15 is 0 Å². The molecule has 1 aliphatic rings. The number of amides is 1. The summed E-state index contributed by atoms with van der Waals surface area (Å²) in [5.41, 5.74) is -0.187. The molecule has 0 saturated carbocycles. The first kappa shape index (κ1) is 27.4. The molecule has 1 fully saturated rings. The van der Waals surface area contributed by atoms with Gasteiger partial charge in [-0.2, -0.15) is 14.8 Å². The summed E-state index contributed by atoms with van der Waals surface area (Å²) in [5.74, 6) is -2.16.